The van der Waals surface area contributed by atoms with Crippen LogP contribution in [0.5, 0.6) is 11.6 Å². The number of rotatable bonds is 5. The number of aliphatic hydroxyl groups is 1. The molecule has 5 nitrogen and oxygen atoms in total. The van der Waals surface area contributed by atoms with Gasteiger partial charge in [0.1, 0.15) is 11.4 Å². The van der Waals surface area contributed by atoms with Crippen molar-refractivity contribution in [1.82, 2.24) is 4.98 Å². The van der Waals surface area contributed by atoms with E-state index in [1.54, 1.807) is 18.2 Å². The fourth-order valence-corrected chi connectivity index (χ4v) is 1.65. The topological polar surface area (TPSA) is 85.4 Å². The zero-order valence-corrected chi connectivity index (χ0v) is 10.2. The Kier molecular flexibility index (Phi) is 4.10. The van der Waals surface area contributed by atoms with Crippen molar-refractivity contribution >= 4 is 5.91 Å². The van der Waals surface area contributed by atoms with Crippen LogP contribution in [0.15, 0.2) is 42.5 Å². The van der Waals surface area contributed by atoms with E-state index in [2.05, 4.69) is 4.98 Å². The van der Waals surface area contributed by atoms with Gasteiger partial charge in [0.2, 0.25) is 5.88 Å². The van der Waals surface area contributed by atoms with Gasteiger partial charge in [0.15, 0.2) is 0 Å². The van der Waals surface area contributed by atoms with Crippen molar-refractivity contribution in [2.75, 3.05) is 6.61 Å². The lowest BCUT2D eigenvalue weighted by atomic mass is 10.1. The highest BCUT2D eigenvalue weighted by Gasteiger charge is 2.07. The SMILES string of the molecule is NC(=O)c1cccc(Oc2ccccc2CCO)n1. The third-order valence-electron chi connectivity index (χ3n) is 2.54. The molecule has 0 saturated heterocycles. The van der Waals surface area contributed by atoms with E-state index in [4.69, 9.17) is 15.6 Å². The zero-order valence-electron chi connectivity index (χ0n) is 10.2. The summed E-state index contributed by atoms with van der Waals surface area (Å²) in [5.41, 5.74) is 6.19. The second kappa shape index (κ2) is 5.97. The molecule has 1 aromatic carbocycles. The second-order valence-electron chi connectivity index (χ2n) is 3.91. The highest BCUT2D eigenvalue weighted by molar-refractivity contribution is 5.90. The van der Waals surface area contributed by atoms with E-state index in [0.717, 1.165) is 5.56 Å². The van der Waals surface area contributed by atoms with Crippen LogP contribution >= 0.6 is 0 Å². The van der Waals surface area contributed by atoms with Gasteiger partial charge in [-0.15, -0.1) is 0 Å². The van der Waals surface area contributed by atoms with Gasteiger partial charge >= 0.3 is 0 Å². The van der Waals surface area contributed by atoms with E-state index in [9.17, 15) is 4.79 Å². The maximum absolute atomic E-state index is 11.0. The molecule has 2 aromatic rings. The summed E-state index contributed by atoms with van der Waals surface area (Å²) >= 11 is 0. The van der Waals surface area contributed by atoms with Crippen LogP contribution in [0.4, 0.5) is 0 Å². The Bertz CT molecular complexity index is 584. The number of nitrogens with zero attached hydrogens (tertiary/aromatic N) is 1. The van der Waals surface area contributed by atoms with Crippen LogP contribution in [-0.4, -0.2) is 22.6 Å². The maximum atomic E-state index is 11.0. The van der Waals surface area contributed by atoms with E-state index < -0.39 is 5.91 Å². The number of carbonyl (C=O) groups excluding carboxylic acids is 1. The summed E-state index contributed by atoms with van der Waals surface area (Å²) in [4.78, 5) is 15.1. The minimum Gasteiger partial charge on any atom is -0.439 e. The quantitative estimate of drug-likeness (QED) is 0.851. The van der Waals surface area contributed by atoms with Gasteiger partial charge in [0.05, 0.1) is 0 Å². The summed E-state index contributed by atoms with van der Waals surface area (Å²) in [5.74, 6) is 0.293. The molecule has 19 heavy (non-hydrogen) atoms. The largest absolute Gasteiger partial charge is 0.439 e. The van der Waals surface area contributed by atoms with Crippen molar-refractivity contribution in [2.45, 2.75) is 6.42 Å². The molecule has 0 unspecified atom stereocenters. The molecule has 0 atom stereocenters. The number of benzene rings is 1. The van der Waals surface area contributed by atoms with Crippen molar-refractivity contribution in [2.24, 2.45) is 5.73 Å². The standard InChI is InChI=1S/C14H14N2O3/c15-14(18)11-5-3-7-13(16-11)19-12-6-2-1-4-10(12)8-9-17/h1-7,17H,8-9H2,(H2,15,18). The molecule has 0 aliphatic rings. The monoisotopic (exact) mass is 258 g/mol. The van der Waals surface area contributed by atoms with Crippen LogP contribution in [0.3, 0.4) is 0 Å². The van der Waals surface area contributed by atoms with E-state index in [-0.39, 0.29) is 12.3 Å². The summed E-state index contributed by atoms with van der Waals surface area (Å²) in [5, 5.41) is 8.99. The van der Waals surface area contributed by atoms with E-state index in [1.165, 1.54) is 6.07 Å². The average molecular weight is 258 g/mol. The first-order valence-corrected chi connectivity index (χ1v) is 5.84. The van der Waals surface area contributed by atoms with Crippen molar-refractivity contribution < 1.29 is 14.6 Å². The van der Waals surface area contributed by atoms with E-state index in [0.29, 0.717) is 18.1 Å². The Balaban J connectivity index is 2.26. The van der Waals surface area contributed by atoms with Gasteiger partial charge in [-0.1, -0.05) is 24.3 Å². The van der Waals surface area contributed by atoms with Crippen molar-refractivity contribution in [3.8, 4) is 11.6 Å². The number of primary amides is 1. The molecule has 0 bridgehead atoms. The summed E-state index contributed by atoms with van der Waals surface area (Å²) in [6.07, 6.45) is 0.492. The van der Waals surface area contributed by atoms with Crippen LogP contribution in [0.25, 0.3) is 0 Å². The highest BCUT2D eigenvalue weighted by Crippen LogP contribution is 2.24. The van der Waals surface area contributed by atoms with Crippen LogP contribution in [0.1, 0.15) is 16.1 Å². The molecule has 1 heterocycles. The van der Waals surface area contributed by atoms with Crippen LogP contribution in [-0.2, 0) is 6.42 Å². The number of hydrogen-bond donors (Lipinski definition) is 2. The summed E-state index contributed by atoms with van der Waals surface area (Å²) < 4.78 is 5.62. The highest BCUT2D eigenvalue weighted by atomic mass is 16.5. The number of carbonyl (C=O) groups is 1. The Morgan fingerprint density at radius 3 is 2.74 bits per heavy atom. The molecule has 5 heteroatoms. The van der Waals surface area contributed by atoms with Crippen molar-refractivity contribution in [3.63, 3.8) is 0 Å². The predicted molar refractivity (Wildman–Crippen MR) is 70.1 cm³/mol. The minimum absolute atomic E-state index is 0.0368. The van der Waals surface area contributed by atoms with Crippen molar-refractivity contribution in [1.29, 1.82) is 0 Å². The number of hydrogen-bond acceptors (Lipinski definition) is 4. The molecule has 3 N–H and O–H groups in total. The summed E-state index contributed by atoms with van der Waals surface area (Å²) in [6.45, 7) is 0.0368. The number of para-hydroxylation sites is 1. The number of pyridine rings is 1. The molecule has 2 rings (SSSR count). The minimum atomic E-state index is -0.603. The Labute approximate surface area is 110 Å². The van der Waals surface area contributed by atoms with Crippen LogP contribution in [0, 0.1) is 0 Å². The molecule has 98 valence electrons. The molecule has 0 aliphatic carbocycles. The molecule has 0 saturated carbocycles. The van der Waals surface area contributed by atoms with Crippen LogP contribution < -0.4 is 10.5 Å². The molecular formula is C14H14N2O3. The lowest BCUT2D eigenvalue weighted by Crippen LogP contribution is -2.13. The van der Waals surface area contributed by atoms with Gasteiger partial charge in [-0.2, -0.15) is 0 Å². The number of aromatic nitrogens is 1. The number of ether oxygens (including phenoxy) is 1. The Hall–Kier alpha value is -2.40. The number of amides is 1. The van der Waals surface area contributed by atoms with Gasteiger partial charge < -0.3 is 15.6 Å². The van der Waals surface area contributed by atoms with Gasteiger partial charge in [-0.25, -0.2) is 4.98 Å². The lowest BCUT2D eigenvalue weighted by molar-refractivity contribution is 0.0995. The normalized spacial score (nSPS) is 10.2. The first-order valence-electron chi connectivity index (χ1n) is 5.84. The molecular weight excluding hydrogens is 244 g/mol. The van der Waals surface area contributed by atoms with Gasteiger partial charge in [0.25, 0.3) is 5.91 Å². The smallest absolute Gasteiger partial charge is 0.267 e. The van der Waals surface area contributed by atoms with Gasteiger partial charge in [0, 0.05) is 12.7 Å². The Morgan fingerprint density at radius 2 is 2.00 bits per heavy atom. The number of nitrogens with two attached hydrogens (primary N) is 1. The van der Waals surface area contributed by atoms with Gasteiger partial charge in [-0.3, -0.25) is 4.79 Å². The summed E-state index contributed by atoms with van der Waals surface area (Å²) in [6, 6.07) is 12.2. The zero-order chi connectivity index (χ0) is 13.7. The third kappa shape index (κ3) is 3.29. The first-order chi connectivity index (χ1) is 9.20. The Morgan fingerprint density at radius 1 is 1.21 bits per heavy atom. The van der Waals surface area contributed by atoms with E-state index >= 15 is 0 Å². The lowest BCUT2D eigenvalue weighted by Gasteiger charge is -2.09. The van der Waals surface area contributed by atoms with Crippen molar-refractivity contribution in [3.05, 3.63) is 53.7 Å². The van der Waals surface area contributed by atoms with Crippen LogP contribution in [0.2, 0.25) is 0 Å². The molecule has 0 fully saturated rings. The molecule has 1 amide bonds. The number of aliphatic hydroxyl groups excluding tert-OH is 1. The average Bonchev–Trinajstić information content (AvgIpc) is 2.41. The fourth-order valence-electron chi connectivity index (χ4n) is 1.65. The fraction of sp³-hybridized carbons (Fsp3) is 0.143. The first kappa shape index (κ1) is 13.0. The summed E-state index contributed by atoms with van der Waals surface area (Å²) in [7, 11) is 0. The predicted octanol–water partition coefficient (Wildman–Crippen LogP) is 1.51. The molecule has 0 radical (unpaired) electrons. The molecule has 1 aromatic heterocycles. The second-order valence-corrected chi connectivity index (χ2v) is 3.91. The maximum Gasteiger partial charge on any atom is 0.267 e. The van der Waals surface area contributed by atoms with Gasteiger partial charge in [-0.05, 0) is 24.1 Å². The molecule has 0 spiro atoms. The van der Waals surface area contributed by atoms with E-state index in [1.807, 2.05) is 18.2 Å². The molecule has 0 aliphatic heterocycles. The third-order valence-corrected chi connectivity index (χ3v) is 2.54.